The van der Waals surface area contributed by atoms with Crippen LogP contribution in [0.1, 0.15) is 61.0 Å². The largest absolute Gasteiger partial charge is 0.416 e. The fourth-order valence-corrected chi connectivity index (χ4v) is 3.92. The molecule has 0 aromatic heterocycles. The molecule has 1 saturated carbocycles. The number of alkyl halides is 6. The van der Waals surface area contributed by atoms with Gasteiger partial charge in [-0.2, -0.15) is 26.3 Å². The maximum absolute atomic E-state index is 13.0. The lowest BCUT2D eigenvalue weighted by atomic mass is 9.86. The van der Waals surface area contributed by atoms with E-state index in [2.05, 4.69) is 10.6 Å². The Hall–Kier alpha value is -2.30. The van der Waals surface area contributed by atoms with E-state index in [0.29, 0.717) is 38.1 Å². The lowest BCUT2D eigenvalue weighted by Gasteiger charge is -2.30. The summed E-state index contributed by atoms with van der Waals surface area (Å²) >= 11 is 0. The van der Waals surface area contributed by atoms with Crippen LogP contribution in [-0.4, -0.2) is 48.9 Å². The first-order valence-electron chi connectivity index (χ1n) is 10.9. The molecule has 0 bridgehead atoms. The van der Waals surface area contributed by atoms with Crippen LogP contribution in [0.4, 0.5) is 26.3 Å². The quantitative estimate of drug-likeness (QED) is 0.539. The summed E-state index contributed by atoms with van der Waals surface area (Å²) in [4.78, 5) is 26.1. The van der Waals surface area contributed by atoms with Crippen molar-refractivity contribution in [2.75, 3.05) is 26.2 Å². The molecule has 186 valence electrons. The molecular weight excluding hydrogens is 452 g/mol. The van der Waals surface area contributed by atoms with Crippen LogP contribution in [-0.2, 0) is 17.1 Å². The Balaban J connectivity index is 1.89. The zero-order valence-electron chi connectivity index (χ0n) is 18.6. The van der Waals surface area contributed by atoms with Gasteiger partial charge in [0.05, 0.1) is 17.7 Å². The summed E-state index contributed by atoms with van der Waals surface area (Å²) in [5.41, 5.74) is -3.72. The van der Waals surface area contributed by atoms with E-state index in [0.717, 1.165) is 12.8 Å². The first-order valence-corrected chi connectivity index (χ1v) is 10.9. The van der Waals surface area contributed by atoms with Gasteiger partial charge in [0.1, 0.15) is 0 Å². The monoisotopic (exact) mass is 481 g/mol. The summed E-state index contributed by atoms with van der Waals surface area (Å²) in [6.07, 6.45) is -7.06. The molecule has 0 atom stereocenters. The number of hydrogen-bond acceptors (Lipinski definition) is 3. The third-order valence-corrected chi connectivity index (χ3v) is 5.91. The van der Waals surface area contributed by atoms with E-state index in [1.165, 1.54) is 0 Å². The van der Waals surface area contributed by atoms with E-state index in [1.807, 2.05) is 13.8 Å². The molecule has 0 aliphatic heterocycles. The van der Waals surface area contributed by atoms with E-state index >= 15 is 0 Å². The number of carbonyl (C=O) groups excluding carboxylic acids is 2. The molecule has 0 heterocycles. The number of amides is 2. The van der Waals surface area contributed by atoms with Crippen molar-refractivity contribution in [1.29, 1.82) is 0 Å². The van der Waals surface area contributed by atoms with E-state index in [9.17, 15) is 35.9 Å². The van der Waals surface area contributed by atoms with Gasteiger partial charge >= 0.3 is 12.4 Å². The van der Waals surface area contributed by atoms with Crippen molar-refractivity contribution >= 4 is 11.8 Å². The number of carbonyl (C=O) groups is 2. The molecule has 0 saturated heterocycles. The van der Waals surface area contributed by atoms with Crippen molar-refractivity contribution in [2.45, 2.75) is 57.9 Å². The molecule has 1 aliphatic rings. The summed E-state index contributed by atoms with van der Waals surface area (Å²) in [5, 5.41) is 5.70. The number of nitrogens with one attached hydrogen (secondary N) is 2. The second kappa shape index (κ2) is 11.2. The number of likely N-dealkylation sites (N-methyl/N-ethyl adjacent to an activating group) is 1. The lowest BCUT2D eigenvalue weighted by Crippen LogP contribution is -2.43. The minimum atomic E-state index is -5.01. The van der Waals surface area contributed by atoms with Crippen LogP contribution >= 0.6 is 0 Å². The molecule has 1 aromatic carbocycles. The van der Waals surface area contributed by atoms with Gasteiger partial charge in [0, 0.05) is 31.2 Å². The predicted molar refractivity (Wildman–Crippen MR) is 110 cm³/mol. The topological polar surface area (TPSA) is 61.4 Å². The van der Waals surface area contributed by atoms with Gasteiger partial charge in [-0.05, 0) is 63.6 Å². The Morgan fingerprint density at radius 3 is 1.88 bits per heavy atom. The Morgan fingerprint density at radius 2 is 1.42 bits per heavy atom. The van der Waals surface area contributed by atoms with Crippen LogP contribution in [0.3, 0.4) is 0 Å². The Kier molecular flexibility index (Phi) is 9.16. The van der Waals surface area contributed by atoms with Crippen molar-refractivity contribution in [2.24, 2.45) is 5.92 Å². The maximum Gasteiger partial charge on any atom is 0.416 e. The van der Waals surface area contributed by atoms with Gasteiger partial charge in [-0.3, -0.25) is 9.59 Å². The van der Waals surface area contributed by atoms with Crippen LogP contribution in [0.5, 0.6) is 0 Å². The highest BCUT2D eigenvalue weighted by Crippen LogP contribution is 2.36. The van der Waals surface area contributed by atoms with Gasteiger partial charge in [0.2, 0.25) is 5.91 Å². The minimum Gasteiger partial charge on any atom is -0.352 e. The Bertz CT molecular complexity index is 781. The average Bonchev–Trinajstić information content (AvgIpc) is 2.76. The first-order chi connectivity index (χ1) is 15.3. The zero-order valence-corrected chi connectivity index (χ0v) is 18.6. The second-order valence-corrected chi connectivity index (χ2v) is 8.17. The highest BCUT2D eigenvalue weighted by atomic mass is 19.4. The summed E-state index contributed by atoms with van der Waals surface area (Å²) in [7, 11) is 0. The zero-order chi connectivity index (χ0) is 24.8. The summed E-state index contributed by atoms with van der Waals surface area (Å²) in [6.45, 7) is 5.49. The van der Waals surface area contributed by atoms with Crippen LogP contribution in [0.15, 0.2) is 18.2 Å². The highest BCUT2D eigenvalue weighted by molar-refractivity contribution is 5.94. The molecule has 1 fully saturated rings. The molecule has 1 aromatic rings. The van der Waals surface area contributed by atoms with Crippen LogP contribution in [0, 0.1) is 5.92 Å². The van der Waals surface area contributed by atoms with E-state index < -0.39 is 35.0 Å². The number of nitrogens with zero attached hydrogens (tertiary/aromatic N) is 1. The molecule has 2 amide bonds. The average molecular weight is 481 g/mol. The molecule has 0 radical (unpaired) electrons. The maximum atomic E-state index is 13.0. The predicted octanol–water partition coefficient (Wildman–Crippen LogP) is 4.47. The third kappa shape index (κ3) is 7.90. The third-order valence-electron chi connectivity index (χ3n) is 5.91. The van der Waals surface area contributed by atoms with Gasteiger partial charge < -0.3 is 15.5 Å². The fraction of sp³-hybridized carbons (Fsp3) is 0.636. The molecule has 5 nitrogen and oxygen atoms in total. The van der Waals surface area contributed by atoms with Crippen LogP contribution < -0.4 is 10.6 Å². The molecule has 0 spiro atoms. The van der Waals surface area contributed by atoms with Crippen molar-refractivity contribution in [3.63, 3.8) is 0 Å². The van der Waals surface area contributed by atoms with Gasteiger partial charge in [-0.1, -0.05) is 0 Å². The summed E-state index contributed by atoms with van der Waals surface area (Å²) < 4.78 is 77.9. The molecule has 33 heavy (non-hydrogen) atoms. The molecule has 11 heteroatoms. The molecule has 0 unspecified atom stereocenters. The normalized spacial score (nSPS) is 19.3. The van der Waals surface area contributed by atoms with Crippen LogP contribution in [0.2, 0.25) is 0 Å². The van der Waals surface area contributed by atoms with Gasteiger partial charge in [-0.15, -0.1) is 0 Å². The number of rotatable bonds is 8. The standard InChI is InChI=1S/C22H29F6N3O2/c1-3-31(4-2)19(32)13-29-18-7-5-14(6-8-18)12-30-20(33)15-9-16(21(23,24)25)11-17(10-15)22(26,27)28/h9-11,14,18,29H,3-8,12-13H2,1-2H3,(H,30,33)/t14-,18+. The van der Waals surface area contributed by atoms with E-state index in [1.54, 1.807) is 4.90 Å². The minimum absolute atomic E-state index is 0.00393. The van der Waals surface area contributed by atoms with Gasteiger partial charge in [0.15, 0.2) is 0 Å². The van der Waals surface area contributed by atoms with Gasteiger partial charge in [0.25, 0.3) is 5.91 Å². The lowest BCUT2D eigenvalue weighted by molar-refractivity contribution is -0.143. The molecule has 1 aliphatic carbocycles. The highest BCUT2D eigenvalue weighted by Gasteiger charge is 2.37. The summed E-state index contributed by atoms with van der Waals surface area (Å²) in [6, 6.07) is 1.00. The molecule has 2 rings (SSSR count). The van der Waals surface area contributed by atoms with Crippen molar-refractivity contribution in [3.8, 4) is 0 Å². The Morgan fingerprint density at radius 1 is 0.909 bits per heavy atom. The smallest absolute Gasteiger partial charge is 0.352 e. The Labute approximate surface area is 188 Å². The van der Waals surface area contributed by atoms with Crippen molar-refractivity contribution < 1.29 is 35.9 Å². The molecule has 2 N–H and O–H groups in total. The SMILES string of the molecule is CCN(CC)C(=O)CN[C@H]1CC[C@@H](CNC(=O)c2cc(C(F)(F)F)cc(C(F)(F)F)c2)CC1. The van der Waals surface area contributed by atoms with E-state index in [4.69, 9.17) is 0 Å². The molecular formula is C22H29F6N3O2. The first kappa shape index (κ1) is 26.9. The number of benzene rings is 1. The fourth-order valence-electron chi connectivity index (χ4n) is 3.92. The summed E-state index contributed by atoms with van der Waals surface area (Å²) in [5.74, 6) is -0.899. The van der Waals surface area contributed by atoms with E-state index in [-0.39, 0.29) is 37.0 Å². The van der Waals surface area contributed by atoms with Crippen molar-refractivity contribution in [3.05, 3.63) is 34.9 Å². The van der Waals surface area contributed by atoms with Crippen molar-refractivity contribution in [1.82, 2.24) is 15.5 Å². The van der Waals surface area contributed by atoms with Gasteiger partial charge in [-0.25, -0.2) is 0 Å². The second-order valence-electron chi connectivity index (χ2n) is 8.17. The van der Waals surface area contributed by atoms with Crippen LogP contribution in [0.25, 0.3) is 0 Å². The number of halogens is 6. The number of hydrogen-bond donors (Lipinski definition) is 2.